The Morgan fingerprint density at radius 2 is 2.11 bits per heavy atom. The van der Waals surface area contributed by atoms with Crippen LogP contribution in [0.1, 0.15) is 58.7 Å². The number of hydrogen-bond acceptors (Lipinski definition) is 5. The van der Waals surface area contributed by atoms with Gasteiger partial charge < -0.3 is 10.1 Å². The Bertz CT molecular complexity index is 386. The zero-order chi connectivity index (χ0) is 13.7. The molecule has 0 aliphatic heterocycles. The third kappa shape index (κ3) is 3.45. The van der Waals surface area contributed by atoms with E-state index in [2.05, 4.69) is 35.4 Å². The van der Waals surface area contributed by atoms with E-state index in [4.69, 9.17) is 4.74 Å². The van der Waals surface area contributed by atoms with E-state index in [0.29, 0.717) is 0 Å². The lowest BCUT2D eigenvalue weighted by Gasteiger charge is -2.36. The molecule has 0 saturated heterocycles. The standard InChI is InChI=1S/C14H25N3OS/c1-4-10-15-13-16-12(17-19-13)14(18-5-2)8-6-11(3)7-9-14/h11H,4-10H2,1-3H3,(H,15,16,17). The molecular weight excluding hydrogens is 258 g/mol. The van der Waals surface area contributed by atoms with Crippen LogP contribution in [-0.2, 0) is 10.3 Å². The summed E-state index contributed by atoms with van der Waals surface area (Å²) in [6.45, 7) is 8.21. The normalized spacial score (nSPS) is 27.4. The molecule has 1 N–H and O–H groups in total. The Balaban J connectivity index is 2.12. The predicted molar refractivity (Wildman–Crippen MR) is 79.6 cm³/mol. The van der Waals surface area contributed by atoms with Gasteiger partial charge in [0.2, 0.25) is 5.13 Å². The first-order valence-electron chi connectivity index (χ1n) is 7.42. The number of ether oxygens (including phenoxy) is 1. The second-order valence-corrected chi connectivity index (χ2v) is 6.21. The summed E-state index contributed by atoms with van der Waals surface area (Å²) in [6.07, 6.45) is 5.61. The number of anilines is 1. The van der Waals surface area contributed by atoms with Crippen LogP contribution in [0, 0.1) is 5.92 Å². The molecule has 108 valence electrons. The Morgan fingerprint density at radius 3 is 2.74 bits per heavy atom. The van der Waals surface area contributed by atoms with Crippen LogP contribution < -0.4 is 5.32 Å². The summed E-state index contributed by atoms with van der Waals surface area (Å²) >= 11 is 1.46. The minimum Gasteiger partial charge on any atom is -0.367 e. The van der Waals surface area contributed by atoms with Gasteiger partial charge in [-0.15, -0.1) is 0 Å². The fourth-order valence-corrected chi connectivity index (χ4v) is 3.32. The molecule has 0 radical (unpaired) electrons. The minimum atomic E-state index is -0.232. The first-order valence-corrected chi connectivity index (χ1v) is 8.19. The van der Waals surface area contributed by atoms with Gasteiger partial charge in [-0.25, -0.2) is 4.98 Å². The number of rotatable bonds is 6. The van der Waals surface area contributed by atoms with Crippen molar-refractivity contribution in [1.82, 2.24) is 9.36 Å². The zero-order valence-corrected chi connectivity index (χ0v) is 13.1. The molecule has 1 fully saturated rings. The van der Waals surface area contributed by atoms with E-state index in [9.17, 15) is 0 Å². The Hall–Kier alpha value is -0.680. The van der Waals surface area contributed by atoms with E-state index in [1.165, 1.54) is 24.4 Å². The van der Waals surface area contributed by atoms with E-state index < -0.39 is 0 Å². The monoisotopic (exact) mass is 283 g/mol. The van der Waals surface area contributed by atoms with Crippen LogP contribution in [0.2, 0.25) is 0 Å². The lowest BCUT2D eigenvalue weighted by Crippen LogP contribution is -2.35. The van der Waals surface area contributed by atoms with Crippen molar-refractivity contribution >= 4 is 16.7 Å². The van der Waals surface area contributed by atoms with Crippen LogP contribution >= 0.6 is 11.5 Å². The highest BCUT2D eigenvalue weighted by atomic mass is 32.1. The largest absolute Gasteiger partial charge is 0.367 e. The highest BCUT2D eigenvalue weighted by molar-refractivity contribution is 7.09. The molecule has 19 heavy (non-hydrogen) atoms. The van der Waals surface area contributed by atoms with E-state index >= 15 is 0 Å². The Morgan fingerprint density at radius 1 is 1.37 bits per heavy atom. The molecule has 0 amide bonds. The first-order chi connectivity index (χ1) is 9.20. The maximum absolute atomic E-state index is 6.08. The molecule has 0 bridgehead atoms. The van der Waals surface area contributed by atoms with Crippen molar-refractivity contribution < 1.29 is 4.74 Å². The van der Waals surface area contributed by atoms with Gasteiger partial charge in [0.15, 0.2) is 5.82 Å². The summed E-state index contributed by atoms with van der Waals surface area (Å²) in [5.74, 6) is 1.69. The smallest absolute Gasteiger partial charge is 0.202 e. The topological polar surface area (TPSA) is 47.0 Å². The fourth-order valence-electron chi connectivity index (χ4n) is 2.65. The quantitative estimate of drug-likeness (QED) is 0.862. The van der Waals surface area contributed by atoms with E-state index in [-0.39, 0.29) is 5.60 Å². The molecule has 4 nitrogen and oxygen atoms in total. The lowest BCUT2D eigenvalue weighted by atomic mass is 9.79. The van der Waals surface area contributed by atoms with Crippen LogP contribution in [0.3, 0.4) is 0 Å². The second-order valence-electron chi connectivity index (χ2n) is 5.46. The van der Waals surface area contributed by atoms with Gasteiger partial charge >= 0.3 is 0 Å². The van der Waals surface area contributed by atoms with Gasteiger partial charge in [0.25, 0.3) is 0 Å². The maximum atomic E-state index is 6.08. The second kappa shape index (κ2) is 6.66. The number of aromatic nitrogens is 2. The molecular formula is C14H25N3OS. The number of hydrogen-bond donors (Lipinski definition) is 1. The molecule has 0 atom stereocenters. The molecule has 0 aromatic carbocycles. The van der Waals surface area contributed by atoms with Crippen molar-refractivity contribution in [3.63, 3.8) is 0 Å². The molecule has 1 aliphatic rings. The van der Waals surface area contributed by atoms with Gasteiger partial charge in [0.1, 0.15) is 5.60 Å². The van der Waals surface area contributed by atoms with Gasteiger partial charge in [-0.1, -0.05) is 13.8 Å². The highest BCUT2D eigenvalue weighted by Crippen LogP contribution is 2.41. The highest BCUT2D eigenvalue weighted by Gasteiger charge is 2.40. The van der Waals surface area contributed by atoms with Crippen molar-refractivity contribution in [2.24, 2.45) is 5.92 Å². The molecule has 5 heteroatoms. The summed E-state index contributed by atoms with van der Waals surface area (Å²) in [6, 6.07) is 0. The van der Waals surface area contributed by atoms with Crippen LogP contribution in [0.4, 0.5) is 5.13 Å². The van der Waals surface area contributed by atoms with Crippen LogP contribution in [0.5, 0.6) is 0 Å². The van der Waals surface area contributed by atoms with Crippen molar-refractivity contribution in [2.45, 2.75) is 58.5 Å². The van der Waals surface area contributed by atoms with Gasteiger partial charge in [0, 0.05) is 24.7 Å². The fraction of sp³-hybridized carbons (Fsp3) is 0.857. The molecule has 1 aromatic rings. The van der Waals surface area contributed by atoms with Gasteiger partial charge in [-0.2, -0.15) is 4.37 Å². The van der Waals surface area contributed by atoms with E-state index in [0.717, 1.165) is 49.3 Å². The predicted octanol–water partition coefficient (Wildman–Crippen LogP) is 3.80. The van der Waals surface area contributed by atoms with Crippen molar-refractivity contribution in [3.05, 3.63) is 5.82 Å². The molecule has 1 heterocycles. The van der Waals surface area contributed by atoms with Gasteiger partial charge in [-0.3, -0.25) is 0 Å². The lowest BCUT2D eigenvalue weighted by molar-refractivity contribution is -0.0829. The summed E-state index contributed by atoms with van der Waals surface area (Å²) in [5.41, 5.74) is -0.232. The number of nitrogens with one attached hydrogen (secondary N) is 1. The molecule has 1 saturated carbocycles. The van der Waals surface area contributed by atoms with Crippen LogP contribution in [-0.4, -0.2) is 22.5 Å². The van der Waals surface area contributed by atoms with E-state index in [1.807, 2.05) is 0 Å². The summed E-state index contributed by atoms with van der Waals surface area (Å²) in [4.78, 5) is 4.66. The third-order valence-corrected chi connectivity index (χ3v) is 4.54. The van der Waals surface area contributed by atoms with Crippen LogP contribution in [0.15, 0.2) is 0 Å². The third-order valence-electron chi connectivity index (χ3n) is 3.86. The van der Waals surface area contributed by atoms with E-state index in [1.54, 1.807) is 0 Å². The first kappa shape index (κ1) is 14.7. The van der Waals surface area contributed by atoms with Gasteiger partial charge in [0.05, 0.1) is 0 Å². The van der Waals surface area contributed by atoms with Crippen molar-refractivity contribution in [3.8, 4) is 0 Å². The van der Waals surface area contributed by atoms with Crippen molar-refractivity contribution in [2.75, 3.05) is 18.5 Å². The average molecular weight is 283 g/mol. The Kier molecular flexibility index (Phi) is 5.16. The molecule has 1 aromatic heterocycles. The summed E-state index contributed by atoms with van der Waals surface area (Å²) in [5, 5.41) is 4.24. The Labute approximate surface area is 120 Å². The van der Waals surface area contributed by atoms with Crippen LogP contribution in [0.25, 0.3) is 0 Å². The average Bonchev–Trinajstić information content (AvgIpc) is 2.89. The van der Waals surface area contributed by atoms with Crippen molar-refractivity contribution in [1.29, 1.82) is 0 Å². The molecule has 2 rings (SSSR count). The number of nitrogens with zero attached hydrogens (tertiary/aromatic N) is 2. The maximum Gasteiger partial charge on any atom is 0.202 e. The van der Waals surface area contributed by atoms with Gasteiger partial charge in [-0.05, 0) is 44.9 Å². The summed E-state index contributed by atoms with van der Waals surface area (Å²) in [7, 11) is 0. The molecule has 0 spiro atoms. The zero-order valence-electron chi connectivity index (χ0n) is 12.2. The summed E-state index contributed by atoms with van der Waals surface area (Å²) < 4.78 is 10.6. The molecule has 1 aliphatic carbocycles. The molecule has 0 unspecified atom stereocenters. The SMILES string of the molecule is CCCNc1nc(C2(OCC)CCC(C)CC2)ns1. The minimum absolute atomic E-state index is 0.232.